The quantitative estimate of drug-likeness (QED) is 0.269. The SMILES string of the molecule is C[C@@H]1O[C@@H](O)[C@H](O[C@H]2O[C@H](CO)[C@@H](O)[C@H](O)[C@H]2O)[C@H](O)[C@H]1O. The van der Waals surface area contributed by atoms with Gasteiger partial charge in [0.1, 0.15) is 42.7 Å². The van der Waals surface area contributed by atoms with E-state index >= 15 is 0 Å². The largest absolute Gasteiger partial charge is 0.394 e. The van der Waals surface area contributed by atoms with Crippen molar-refractivity contribution in [2.24, 2.45) is 0 Å². The fraction of sp³-hybridized carbons (Fsp3) is 1.00. The smallest absolute Gasteiger partial charge is 0.187 e. The summed E-state index contributed by atoms with van der Waals surface area (Å²) in [4.78, 5) is 0. The summed E-state index contributed by atoms with van der Waals surface area (Å²) >= 11 is 0. The maximum Gasteiger partial charge on any atom is 0.187 e. The molecule has 0 unspecified atom stereocenters. The summed E-state index contributed by atoms with van der Waals surface area (Å²) in [7, 11) is 0. The van der Waals surface area contributed by atoms with Gasteiger partial charge in [0.2, 0.25) is 0 Å². The number of hydrogen-bond donors (Lipinski definition) is 7. The molecule has 2 fully saturated rings. The number of aliphatic hydroxyl groups is 7. The van der Waals surface area contributed by atoms with Crippen LogP contribution in [-0.2, 0) is 14.2 Å². The van der Waals surface area contributed by atoms with Crippen LogP contribution in [0.1, 0.15) is 6.92 Å². The lowest BCUT2D eigenvalue weighted by Gasteiger charge is -2.44. The summed E-state index contributed by atoms with van der Waals surface area (Å²) in [5.74, 6) is 0. The molecule has 0 saturated carbocycles. The van der Waals surface area contributed by atoms with Crippen LogP contribution in [0.25, 0.3) is 0 Å². The van der Waals surface area contributed by atoms with E-state index in [9.17, 15) is 30.6 Å². The second-order valence-corrected chi connectivity index (χ2v) is 5.51. The van der Waals surface area contributed by atoms with Crippen LogP contribution >= 0.6 is 0 Å². The van der Waals surface area contributed by atoms with Crippen molar-refractivity contribution in [2.75, 3.05) is 6.61 Å². The van der Waals surface area contributed by atoms with Gasteiger partial charge in [-0.15, -0.1) is 0 Å². The molecule has 130 valence electrons. The van der Waals surface area contributed by atoms with Crippen molar-refractivity contribution in [2.45, 2.75) is 68.3 Å². The third-order valence-electron chi connectivity index (χ3n) is 3.94. The van der Waals surface area contributed by atoms with Crippen LogP contribution in [0.2, 0.25) is 0 Å². The van der Waals surface area contributed by atoms with E-state index in [0.717, 1.165) is 0 Å². The molecule has 2 aliphatic rings. The Balaban J connectivity index is 2.08. The average Bonchev–Trinajstić information content (AvgIpc) is 2.49. The third kappa shape index (κ3) is 3.26. The van der Waals surface area contributed by atoms with Crippen molar-refractivity contribution in [3.63, 3.8) is 0 Å². The number of hydrogen-bond acceptors (Lipinski definition) is 10. The predicted octanol–water partition coefficient (Wildman–Crippen LogP) is -4.37. The van der Waals surface area contributed by atoms with E-state index in [2.05, 4.69) is 0 Å². The first-order chi connectivity index (χ1) is 10.3. The van der Waals surface area contributed by atoms with Gasteiger partial charge in [-0.1, -0.05) is 0 Å². The van der Waals surface area contributed by atoms with Crippen LogP contribution in [0.4, 0.5) is 0 Å². The van der Waals surface area contributed by atoms with Crippen LogP contribution < -0.4 is 0 Å². The lowest BCUT2D eigenvalue weighted by molar-refractivity contribution is -0.359. The van der Waals surface area contributed by atoms with Gasteiger partial charge in [0.05, 0.1) is 12.7 Å². The van der Waals surface area contributed by atoms with Gasteiger partial charge in [-0.2, -0.15) is 0 Å². The number of rotatable bonds is 3. The summed E-state index contributed by atoms with van der Waals surface area (Å²) in [6.07, 6.45) is -14.4. The Kier molecular flexibility index (Phi) is 5.72. The monoisotopic (exact) mass is 326 g/mol. The minimum absolute atomic E-state index is 0.642. The first kappa shape index (κ1) is 17.9. The van der Waals surface area contributed by atoms with Crippen LogP contribution in [-0.4, -0.2) is 104 Å². The Bertz CT molecular complexity index is 366. The molecule has 0 radical (unpaired) electrons. The standard InChI is InChI=1S/C12H22O10/c1-3-5(14)8(17)10(11(19)20-3)22-12-9(18)7(16)6(15)4(2-13)21-12/h3-19H,2H2,1H3/t3-,4+,5-,6+,7-,8+,9+,10+,11+,12+/m0/s1. The highest BCUT2D eigenvalue weighted by Crippen LogP contribution is 2.28. The Morgan fingerprint density at radius 3 is 2.05 bits per heavy atom. The van der Waals surface area contributed by atoms with Crippen LogP contribution in [0, 0.1) is 0 Å². The molecular weight excluding hydrogens is 304 g/mol. The topological polar surface area (TPSA) is 169 Å². The van der Waals surface area contributed by atoms with Crippen LogP contribution in [0.15, 0.2) is 0 Å². The molecule has 0 bridgehead atoms. The van der Waals surface area contributed by atoms with Crippen LogP contribution in [0.3, 0.4) is 0 Å². The molecule has 10 heteroatoms. The van der Waals surface area contributed by atoms with Gasteiger partial charge in [0.15, 0.2) is 12.6 Å². The minimum Gasteiger partial charge on any atom is -0.394 e. The fourth-order valence-corrected chi connectivity index (χ4v) is 2.50. The van der Waals surface area contributed by atoms with Crippen molar-refractivity contribution >= 4 is 0 Å². The highest BCUT2D eigenvalue weighted by atomic mass is 16.7. The van der Waals surface area contributed by atoms with Crippen molar-refractivity contribution in [3.8, 4) is 0 Å². The second kappa shape index (κ2) is 7.01. The second-order valence-electron chi connectivity index (χ2n) is 5.51. The molecule has 22 heavy (non-hydrogen) atoms. The number of aliphatic hydroxyl groups excluding tert-OH is 7. The zero-order valence-corrected chi connectivity index (χ0v) is 11.8. The van der Waals surface area contributed by atoms with Crippen molar-refractivity contribution < 1.29 is 50.0 Å². The molecule has 2 heterocycles. The molecule has 0 aromatic carbocycles. The Morgan fingerprint density at radius 1 is 0.818 bits per heavy atom. The van der Waals surface area contributed by atoms with E-state index in [0.29, 0.717) is 0 Å². The lowest BCUT2D eigenvalue weighted by atomic mass is 9.98. The van der Waals surface area contributed by atoms with E-state index in [-0.39, 0.29) is 0 Å². The van der Waals surface area contributed by atoms with Gasteiger partial charge >= 0.3 is 0 Å². The van der Waals surface area contributed by atoms with Gasteiger partial charge in [-0.3, -0.25) is 0 Å². The molecule has 2 aliphatic heterocycles. The molecule has 7 N–H and O–H groups in total. The maximum absolute atomic E-state index is 9.92. The highest BCUT2D eigenvalue weighted by molar-refractivity contribution is 4.92. The molecule has 0 aromatic rings. The summed E-state index contributed by atoms with van der Waals surface area (Å²) in [6, 6.07) is 0. The Hall–Kier alpha value is -0.400. The molecule has 0 aliphatic carbocycles. The molecule has 2 rings (SSSR count). The van der Waals surface area contributed by atoms with Crippen molar-refractivity contribution in [1.82, 2.24) is 0 Å². The molecule has 10 atom stereocenters. The highest BCUT2D eigenvalue weighted by Gasteiger charge is 2.49. The fourth-order valence-electron chi connectivity index (χ4n) is 2.50. The first-order valence-corrected chi connectivity index (χ1v) is 6.93. The maximum atomic E-state index is 9.92. The molecular formula is C12H22O10. The van der Waals surface area contributed by atoms with Gasteiger partial charge < -0.3 is 50.0 Å². The first-order valence-electron chi connectivity index (χ1n) is 6.93. The van der Waals surface area contributed by atoms with E-state index < -0.39 is 68.0 Å². The summed E-state index contributed by atoms with van der Waals surface area (Å²) in [6.45, 7) is 0.803. The normalized spacial score (nSPS) is 53.5. The molecule has 0 amide bonds. The molecule has 0 aromatic heterocycles. The summed E-state index contributed by atoms with van der Waals surface area (Å²) < 4.78 is 15.3. The molecule has 0 spiro atoms. The van der Waals surface area contributed by atoms with E-state index in [4.69, 9.17) is 19.3 Å². The minimum atomic E-state index is -1.69. The van der Waals surface area contributed by atoms with E-state index in [1.54, 1.807) is 0 Å². The zero-order valence-electron chi connectivity index (χ0n) is 11.8. The lowest BCUT2D eigenvalue weighted by Crippen LogP contribution is -2.63. The van der Waals surface area contributed by atoms with Gasteiger partial charge in [-0.25, -0.2) is 0 Å². The Labute approximate surface area is 126 Å². The van der Waals surface area contributed by atoms with Gasteiger partial charge in [0.25, 0.3) is 0 Å². The molecule has 2 saturated heterocycles. The van der Waals surface area contributed by atoms with Crippen molar-refractivity contribution in [3.05, 3.63) is 0 Å². The van der Waals surface area contributed by atoms with Gasteiger partial charge in [0, 0.05) is 0 Å². The zero-order chi connectivity index (χ0) is 16.6. The van der Waals surface area contributed by atoms with Crippen LogP contribution in [0.5, 0.6) is 0 Å². The molecule has 10 nitrogen and oxygen atoms in total. The predicted molar refractivity (Wildman–Crippen MR) is 67.2 cm³/mol. The van der Waals surface area contributed by atoms with E-state index in [1.165, 1.54) is 6.92 Å². The Morgan fingerprint density at radius 2 is 1.45 bits per heavy atom. The van der Waals surface area contributed by atoms with E-state index in [1.807, 2.05) is 0 Å². The number of ether oxygens (including phenoxy) is 3. The average molecular weight is 326 g/mol. The van der Waals surface area contributed by atoms with Crippen molar-refractivity contribution in [1.29, 1.82) is 0 Å². The summed E-state index contributed by atoms with van der Waals surface area (Å²) in [5, 5.41) is 67.6. The van der Waals surface area contributed by atoms with Gasteiger partial charge in [-0.05, 0) is 6.92 Å². The summed E-state index contributed by atoms with van der Waals surface area (Å²) in [5.41, 5.74) is 0. The third-order valence-corrected chi connectivity index (χ3v) is 3.94.